The number of benzene rings is 1. The Morgan fingerprint density at radius 1 is 1.11 bits per heavy atom. The van der Waals surface area contributed by atoms with Crippen molar-refractivity contribution in [2.45, 2.75) is 0 Å². The number of hydrogen-bond acceptors (Lipinski definition) is 2. The largest absolute Gasteiger partial charge is 0.264 e. The van der Waals surface area contributed by atoms with E-state index in [4.69, 9.17) is 23.2 Å². The molecule has 3 aromatic rings. The second-order valence-electron chi connectivity index (χ2n) is 3.99. The molecule has 0 unspecified atom stereocenters. The molecule has 0 saturated heterocycles. The molecule has 0 radical (unpaired) electrons. The highest BCUT2D eigenvalue weighted by atomic mass is 35.5. The summed E-state index contributed by atoms with van der Waals surface area (Å²) < 4.78 is 13.9. The van der Waals surface area contributed by atoms with Gasteiger partial charge in [0.05, 0.1) is 10.5 Å². The molecule has 0 aliphatic heterocycles. The predicted octanol–water partition coefficient (Wildman–Crippen LogP) is 4.74. The Labute approximate surface area is 118 Å². The van der Waals surface area contributed by atoms with Crippen LogP contribution in [-0.4, -0.2) is 9.97 Å². The van der Waals surface area contributed by atoms with Gasteiger partial charge in [0.25, 0.3) is 0 Å². The lowest BCUT2D eigenvalue weighted by Crippen LogP contribution is -1.90. The van der Waals surface area contributed by atoms with Gasteiger partial charge in [-0.1, -0.05) is 29.3 Å². The first-order valence-corrected chi connectivity index (χ1v) is 6.27. The van der Waals surface area contributed by atoms with Crippen molar-refractivity contribution in [1.29, 1.82) is 0 Å². The van der Waals surface area contributed by atoms with Gasteiger partial charge < -0.3 is 0 Å². The fourth-order valence-corrected chi connectivity index (χ4v) is 2.43. The molecule has 0 atom stereocenters. The maximum absolute atomic E-state index is 13.9. The van der Waals surface area contributed by atoms with Crippen molar-refractivity contribution in [2.24, 2.45) is 0 Å². The van der Waals surface area contributed by atoms with Crippen molar-refractivity contribution in [1.82, 2.24) is 9.97 Å². The first-order valence-electron chi connectivity index (χ1n) is 5.51. The van der Waals surface area contributed by atoms with Gasteiger partial charge in [-0.3, -0.25) is 4.98 Å². The Kier molecular flexibility index (Phi) is 3.09. The van der Waals surface area contributed by atoms with Crippen LogP contribution in [0.3, 0.4) is 0 Å². The van der Waals surface area contributed by atoms with Crippen molar-refractivity contribution in [2.75, 3.05) is 0 Å². The van der Waals surface area contributed by atoms with Crippen LogP contribution in [0.15, 0.2) is 42.7 Å². The molecule has 0 aliphatic carbocycles. The summed E-state index contributed by atoms with van der Waals surface area (Å²) in [5.74, 6) is -0.431. The molecule has 5 heteroatoms. The molecule has 0 saturated carbocycles. The molecular formula is C14H7Cl2FN2. The predicted molar refractivity (Wildman–Crippen MR) is 75.0 cm³/mol. The van der Waals surface area contributed by atoms with Crippen molar-refractivity contribution in [3.8, 4) is 11.1 Å². The van der Waals surface area contributed by atoms with E-state index in [1.54, 1.807) is 36.7 Å². The van der Waals surface area contributed by atoms with Gasteiger partial charge >= 0.3 is 0 Å². The zero-order valence-corrected chi connectivity index (χ0v) is 11.1. The average molecular weight is 293 g/mol. The highest BCUT2D eigenvalue weighted by Crippen LogP contribution is 2.35. The molecular weight excluding hydrogens is 286 g/mol. The molecule has 94 valence electrons. The van der Waals surface area contributed by atoms with Crippen LogP contribution in [0.1, 0.15) is 0 Å². The first-order chi connectivity index (χ1) is 9.16. The topological polar surface area (TPSA) is 25.8 Å². The smallest absolute Gasteiger partial charge is 0.137 e. The van der Waals surface area contributed by atoms with Crippen LogP contribution in [0.25, 0.3) is 22.0 Å². The van der Waals surface area contributed by atoms with Crippen LogP contribution in [0.2, 0.25) is 10.2 Å². The molecule has 0 fully saturated rings. The molecule has 0 aliphatic rings. The molecule has 0 amide bonds. The molecule has 3 rings (SSSR count). The van der Waals surface area contributed by atoms with Crippen LogP contribution in [-0.2, 0) is 0 Å². The molecule has 0 N–H and O–H groups in total. The average Bonchev–Trinajstić information content (AvgIpc) is 2.39. The van der Waals surface area contributed by atoms with Crippen LogP contribution in [0.4, 0.5) is 4.39 Å². The minimum absolute atomic E-state index is 0.214. The van der Waals surface area contributed by atoms with Gasteiger partial charge in [-0.15, -0.1) is 0 Å². The van der Waals surface area contributed by atoms with Gasteiger partial charge in [-0.25, -0.2) is 9.37 Å². The van der Waals surface area contributed by atoms with Crippen molar-refractivity contribution >= 4 is 34.1 Å². The monoisotopic (exact) mass is 292 g/mol. The van der Waals surface area contributed by atoms with E-state index in [1.165, 1.54) is 6.07 Å². The number of rotatable bonds is 1. The van der Waals surface area contributed by atoms with E-state index < -0.39 is 5.82 Å². The highest BCUT2D eigenvalue weighted by Gasteiger charge is 2.14. The van der Waals surface area contributed by atoms with Crippen molar-refractivity contribution < 1.29 is 4.39 Å². The van der Waals surface area contributed by atoms with Gasteiger partial charge in [0, 0.05) is 28.9 Å². The van der Waals surface area contributed by atoms with E-state index in [0.717, 1.165) is 5.39 Å². The van der Waals surface area contributed by atoms with Crippen molar-refractivity contribution in [3.05, 3.63) is 58.7 Å². The van der Waals surface area contributed by atoms with E-state index >= 15 is 0 Å². The number of fused-ring (bicyclic) bond motifs is 1. The highest BCUT2D eigenvalue weighted by molar-refractivity contribution is 6.36. The molecule has 2 aromatic heterocycles. The quantitative estimate of drug-likeness (QED) is 0.605. The molecule has 2 heterocycles. The van der Waals surface area contributed by atoms with Gasteiger partial charge in [0.2, 0.25) is 0 Å². The maximum Gasteiger partial charge on any atom is 0.137 e. The molecule has 19 heavy (non-hydrogen) atoms. The number of halogens is 3. The standard InChI is InChI=1S/C14H7Cl2FN2/c15-10-2-1-3-11(17)13(10)9-6-8-7-18-5-4-12(8)19-14(9)16/h1-7H. The zero-order chi connectivity index (χ0) is 13.4. The summed E-state index contributed by atoms with van der Waals surface area (Å²) >= 11 is 12.2. The van der Waals surface area contributed by atoms with Crippen LogP contribution < -0.4 is 0 Å². The summed E-state index contributed by atoms with van der Waals surface area (Å²) in [6, 6.07) is 7.98. The Hall–Kier alpha value is -1.71. The van der Waals surface area contributed by atoms with Crippen LogP contribution in [0.5, 0.6) is 0 Å². The van der Waals surface area contributed by atoms with Crippen molar-refractivity contribution in [3.63, 3.8) is 0 Å². The second-order valence-corrected chi connectivity index (χ2v) is 4.76. The Balaban J connectivity index is 2.33. The Morgan fingerprint density at radius 3 is 2.74 bits per heavy atom. The molecule has 1 aromatic carbocycles. The summed E-state index contributed by atoms with van der Waals surface area (Å²) in [6.45, 7) is 0. The summed E-state index contributed by atoms with van der Waals surface area (Å²) in [7, 11) is 0. The normalized spacial score (nSPS) is 10.9. The minimum atomic E-state index is -0.431. The van der Waals surface area contributed by atoms with Gasteiger partial charge in [0.1, 0.15) is 11.0 Å². The summed E-state index contributed by atoms with van der Waals surface area (Å²) in [4.78, 5) is 8.25. The third kappa shape index (κ3) is 2.15. The van der Waals surface area contributed by atoms with E-state index in [9.17, 15) is 4.39 Å². The van der Waals surface area contributed by atoms with Gasteiger partial charge in [0.15, 0.2) is 0 Å². The lowest BCUT2D eigenvalue weighted by molar-refractivity contribution is 0.631. The van der Waals surface area contributed by atoms with E-state index in [2.05, 4.69) is 9.97 Å². The second kappa shape index (κ2) is 4.76. The third-order valence-electron chi connectivity index (χ3n) is 2.80. The van der Waals surface area contributed by atoms with Gasteiger partial charge in [-0.2, -0.15) is 0 Å². The summed E-state index contributed by atoms with van der Waals surface area (Å²) in [5.41, 5.74) is 1.42. The number of aromatic nitrogens is 2. The van der Waals surface area contributed by atoms with Crippen LogP contribution in [0, 0.1) is 5.82 Å². The molecule has 2 nitrogen and oxygen atoms in total. The Morgan fingerprint density at radius 2 is 1.95 bits per heavy atom. The van der Waals surface area contributed by atoms with Gasteiger partial charge in [-0.05, 0) is 24.3 Å². The fraction of sp³-hybridized carbons (Fsp3) is 0. The van der Waals surface area contributed by atoms with Crippen LogP contribution >= 0.6 is 23.2 Å². The summed E-state index contributed by atoms with van der Waals surface area (Å²) in [6.07, 6.45) is 3.28. The fourth-order valence-electron chi connectivity index (χ4n) is 1.92. The molecule has 0 spiro atoms. The zero-order valence-electron chi connectivity index (χ0n) is 9.57. The number of nitrogens with zero attached hydrogens (tertiary/aromatic N) is 2. The number of pyridine rings is 2. The Bertz CT molecular complexity index is 754. The first kappa shape index (κ1) is 12.3. The SMILES string of the molecule is Fc1cccc(Cl)c1-c1cc2cnccc2nc1Cl. The maximum atomic E-state index is 13.9. The third-order valence-corrected chi connectivity index (χ3v) is 3.40. The lowest BCUT2D eigenvalue weighted by Gasteiger charge is -2.09. The van der Waals surface area contributed by atoms with E-state index in [1.807, 2.05) is 0 Å². The molecule has 0 bridgehead atoms. The minimum Gasteiger partial charge on any atom is -0.264 e. The summed E-state index contributed by atoms with van der Waals surface area (Å²) in [5, 5.41) is 1.29. The van der Waals surface area contributed by atoms with E-state index in [-0.39, 0.29) is 10.7 Å². The lowest BCUT2D eigenvalue weighted by atomic mass is 10.1. The van der Waals surface area contributed by atoms with E-state index in [0.29, 0.717) is 16.1 Å². The number of hydrogen-bond donors (Lipinski definition) is 0.